The van der Waals surface area contributed by atoms with Crippen LogP contribution in [0.2, 0.25) is 10.0 Å². The Bertz CT molecular complexity index is 876. The minimum Gasteiger partial charge on any atom is -0.337 e. The van der Waals surface area contributed by atoms with Crippen LogP contribution in [0.5, 0.6) is 0 Å². The Kier molecular flexibility index (Phi) is 4.56. The molecule has 0 bridgehead atoms. The fourth-order valence-corrected chi connectivity index (χ4v) is 2.99. The van der Waals surface area contributed by atoms with Crippen LogP contribution in [0, 0.1) is 0 Å². The van der Waals surface area contributed by atoms with Gasteiger partial charge >= 0.3 is 0 Å². The van der Waals surface area contributed by atoms with E-state index in [0.29, 0.717) is 22.2 Å². The first-order chi connectivity index (χ1) is 11.0. The van der Waals surface area contributed by atoms with Crippen molar-refractivity contribution in [3.8, 4) is 0 Å². The standard InChI is InChI=1S/C19H15Cl2NO/c1-22(12-16-8-9-17(20)11-18(16)21)19(23)15-7-6-13-4-2-3-5-14(13)10-15/h2-11H,12H2,1H3. The number of fused-ring (bicyclic) bond motifs is 1. The van der Waals surface area contributed by atoms with Crippen LogP contribution >= 0.6 is 23.2 Å². The zero-order valence-electron chi connectivity index (χ0n) is 12.6. The summed E-state index contributed by atoms with van der Waals surface area (Å²) in [6, 6.07) is 19.0. The SMILES string of the molecule is CN(Cc1ccc(Cl)cc1Cl)C(=O)c1ccc2ccccc2c1. The van der Waals surface area contributed by atoms with Crippen molar-refractivity contribution >= 4 is 39.9 Å². The largest absolute Gasteiger partial charge is 0.337 e. The molecule has 116 valence electrons. The molecule has 0 heterocycles. The molecule has 3 rings (SSSR count). The Balaban J connectivity index is 1.83. The number of benzene rings is 3. The Morgan fingerprint density at radius 3 is 2.43 bits per heavy atom. The van der Waals surface area contributed by atoms with E-state index in [1.54, 1.807) is 24.1 Å². The molecule has 0 saturated heterocycles. The summed E-state index contributed by atoms with van der Waals surface area (Å²) in [5.74, 6) is -0.0400. The summed E-state index contributed by atoms with van der Waals surface area (Å²) in [6.07, 6.45) is 0. The number of hydrogen-bond acceptors (Lipinski definition) is 1. The molecular weight excluding hydrogens is 329 g/mol. The van der Waals surface area contributed by atoms with Gasteiger partial charge in [0.2, 0.25) is 0 Å². The minimum absolute atomic E-state index is 0.0400. The molecule has 0 aromatic heterocycles. The van der Waals surface area contributed by atoms with Gasteiger partial charge in [0.15, 0.2) is 0 Å². The number of nitrogens with zero attached hydrogens (tertiary/aromatic N) is 1. The van der Waals surface area contributed by atoms with Gasteiger partial charge in [-0.05, 0) is 40.6 Å². The van der Waals surface area contributed by atoms with Gasteiger partial charge < -0.3 is 4.90 Å². The molecule has 0 N–H and O–H groups in total. The second kappa shape index (κ2) is 6.61. The second-order valence-corrected chi connectivity index (χ2v) is 6.30. The number of halogens is 2. The van der Waals surface area contributed by atoms with Crippen molar-refractivity contribution < 1.29 is 4.79 Å². The lowest BCUT2D eigenvalue weighted by atomic mass is 10.1. The van der Waals surface area contributed by atoms with Crippen molar-refractivity contribution in [2.45, 2.75) is 6.54 Å². The second-order valence-electron chi connectivity index (χ2n) is 5.46. The molecule has 0 aliphatic rings. The average Bonchev–Trinajstić information content (AvgIpc) is 2.56. The monoisotopic (exact) mass is 343 g/mol. The summed E-state index contributed by atoms with van der Waals surface area (Å²) < 4.78 is 0. The fourth-order valence-electron chi connectivity index (χ4n) is 2.52. The molecule has 3 aromatic rings. The Morgan fingerprint density at radius 2 is 1.70 bits per heavy atom. The third-order valence-corrected chi connectivity index (χ3v) is 4.35. The van der Waals surface area contributed by atoms with Gasteiger partial charge in [-0.1, -0.05) is 59.6 Å². The van der Waals surface area contributed by atoms with Crippen LogP contribution in [0.1, 0.15) is 15.9 Å². The van der Waals surface area contributed by atoms with E-state index in [1.807, 2.05) is 48.5 Å². The zero-order valence-corrected chi connectivity index (χ0v) is 14.1. The normalized spacial score (nSPS) is 10.7. The molecule has 0 fully saturated rings. The Labute approximate surface area is 145 Å². The van der Waals surface area contributed by atoms with E-state index in [-0.39, 0.29) is 5.91 Å². The van der Waals surface area contributed by atoms with E-state index in [4.69, 9.17) is 23.2 Å². The van der Waals surface area contributed by atoms with E-state index in [2.05, 4.69) is 0 Å². The predicted octanol–water partition coefficient (Wildman–Crippen LogP) is 5.42. The van der Waals surface area contributed by atoms with E-state index >= 15 is 0 Å². The summed E-state index contributed by atoms with van der Waals surface area (Å²) >= 11 is 12.1. The average molecular weight is 344 g/mol. The van der Waals surface area contributed by atoms with Crippen molar-refractivity contribution in [3.05, 3.63) is 81.8 Å². The van der Waals surface area contributed by atoms with Crippen LogP contribution in [-0.2, 0) is 6.54 Å². The van der Waals surface area contributed by atoms with Crippen LogP contribution < -0.4 is 0 Å². The van der Waals surface area contributed by atoms with Crippen LogP contribution in [0.3, 0.4) is 0 Å². The lowest BCUT2D eigenvalue weighted by Gasteiger charge is -2.18. The lowest BCUT2D eigenvalue weighted by molar-refractivity contribution is 0.0785. The minimum atomic E-state index is -0.0400. The van der Waals surface area contributed by atoms with Gasteiger partial charge in [0.1, 0.15) is 0 Å². The van der Waals surface area contributed by atoms with E-state index < -0.39 is 0 Å². The first kappa shape index (κ1) is 15.9. The summed E-state index contributed by atoms with van der Waals surface area (Å²) in [7, 11) is 1.77. The van der Waals surface area contributed by atoms with Crippen molar-refractivity contribution in [1.82, 2.24) is 4.90 Å². The number of carbonyl (C=O) groups is 1. The van der Waals surface area contributed by atoms with Gasteiger partial charge in [-0.2, -0.15) is 0 Å². The van der Waals surface area contributed by atoms with Gasteiger partial charge in [0, 0.05) is 29.2 Å². The topological polar surface area (TPSA) is 20.3 Å². The molecule has 0 atom stereocenters. The van der Waals surface area contributed by atoms with Crippen molar-refractivity contribution in [1.29, 1.82) is 0 Å². The maximum absolute atomic E-state index is 12.6. The first-order valence-corrected chi connectivity index (χ1v) is 7.98. The predicted molar refractivity (Wildman–Crippen MR) is 96.2 cm³/mol. The summed E-state index contributed by atoms with van der Waals surface area (Å²) in [6.45, 7) is 0.432. The van der Waals surface area contributed by atoms with Crippen molar-refractivity contribution in [2.24, 2.45) is 0 Å². The highest BCUT2D eigenvalue weighted by Gasteiger charge is 2.14. The number of hydrogen-bond donors (Lipinski definition) is 0. The van der Waals surface area contributed by atoms with Gasteiger partial charge in [0.25, 0.3) is 5.91 Å². The number of rotatable bonds is 3. The quantitative estimate of drug-likeness (QED) is 0.621. The van der Waals surface area contributed by atoms with Gasteiger partial charge in [-0.15, -0.1) is 0 Å². The van der Waals surface area contributed by atoms with Gasteiger partial charge in [-0.25, -0.2) is 0 Å². The maximum Gasteiger partial charge on any atom is 0.253 e. The highest BCUT2D eigenvalue weighted by molar-refractivity contribution is 6.35. The fraction of sp³-hybridized carbons (Fsp3) is 0.105. The van der Waals surface area contributed by atoms with Gasteiger partial charge in [-0.3, -0.25) is 4.79 Å². The number of amides is 1. The molecule has 0 spiro atoms. The van der Waals surface area contributed by atoms with Crippen molar-refractivity contribution in [3.63, 3.8) is 0 Å². The smallest absolute Gasteiger partial charge is 0.253 e. The summed E-state index contributed by atoms with van der Waals surface area (Å²) in [5.41, 5.74) is 1.53. The molecule has 0 radical (unpaired) electrons. The molecule has 3 aromatic carbocycles. The lowest BCUT2D eigenvalue weighted by Crippen LogP contribution is -2.26. The van der Waals surface area contributed by atoms with E-state index in [9.17, 15) is 4.79 Å². The molecule has 1 amide bonds. The molecule has 0 saturated carbocycles. The third-order valence-electron chi connectivity index (χ3n) is 3.77. The molecule has 2 nitrogen and oxygen atoms in total. The maximum atomic E-state index is 12.6. The molecule has 4 heteroatoms. The summed E-state index contributed by atoms with van der Waals surface area (Å²) in [4.78, 5) is 14.3. The van der Waals surface area contributed by atoms with Crippen molar-refractivity contribution in [2.75, 3.05) is 7.05 Å². The van der Waals surface area contributed by atoms with Crippen LogP contribution in [0.15, 0.2) is 60.7 Å². The third kappa shape index (κ3) is 3.49. The zero-order chi connectivity index (χ0) is 16.4. The Morgan fingerprint density at radius 1 is 0.957 bits per heavy atom. The molecule has 0 unspecified atom stereocenters. The first-order valence-electron chi connectivity index (χ1n) is 7.23. The highest BCUT2D eigenvalue weighted by Crippen LogP contribution is 2.23. The molecule has 0 aliphatic heterocycles. The Hall–Kier alpha value is -2.03. The van der Waals surface area contributed by atoms with Crippen LogP contribution in [0.4, 0.5) is 0 Å². The van der Waals surface area contributed by atoms with Crippen LogP contribution in [0.25, 0.3) is 10.8 Å². The van der Waals surface area contributed by atoms with Crippen LogP contribution in [-0.4, -0.2) is 17.9 Å². The highest BCUT2D eigenvalue weighted by atomic mass is 35.5. The molecule has 23 heavy (non-hydrogen) atoms. The van der Waals surface area contributed by atoms with E-state index in [1.165, 1.54) is 0 Å². The number of carbonyl (C=O) groups excluding carboxylic acids is 1. The summed E-state index contributed by atoms with van der Waals surface area (Å²) in [5, 5.41) is 3.32. The molecule has 0 aliphatic carbocycles. The molecular formula is C19H15Cl2NO. The van der Waals surface area contributed by atoms with Gasteiger partial charge in [0.05, 0.1) is 0 Å². The van der Waals surface area contributed by atoms with E-state index in [0.717, 1.165) is 16.3 Å².